The predicted octanol–water partition coefficient (Wildman–Crippen LogP) is 0.855. The van der Waals surface area contributed by atoms with Crippen LogP contribution in [0.2, 0.25) is 22.3 Å². The summed E-state index contributed by atoms with van der Waals surface area (Å²) in [4.78, 5) is 9.99. The van der Waals surface area contributed by atoms with Gasteiger partial charge in [-0.15, -0.1) is 0 Å². The van der Waals surface area contributed by atoms with E-state index in [4.69, 9.17) is 0 Å². The van der Waals surface area contributed by atoms with E-state index in [1.807, 2.05) is 0 Å². The topological polar surface area (TPSA) is 40.1 Å². The van der Waals surface area contributed by atoms with E-state index in [0.717, 1.165) is 11.6 Å². The number of carboxylic acids is 1. The van der Waals surface area contributed by atoms with Gasteiger partial charge in [0, 0.05) is 0 Å². The zero-order valence-corrected chi connectivity index (χ0v) is 8.76. The standard InChI is InChI=1S/C7H15AsO2/c1-8(2,3)6-4-5-7(9)10/h4-6H2,1-3H3. The molecule has 60 valence electrons. The molecule has 0 unspecified atom stereocenters. The van der Waals surface area contributed by atoms with Gasteiger partial charge in [0.1, 0.15) is 0 Å². The maximum absolute atomic E-state index is 9.99. The molecule has 0 bridgehead atoms. The Morgan fingerprint density at radius 1 is 1.40 bits per heavy atom. The fourth-order valence-electron chi connectivity index (χ4n) is 0.698. The first-order chi connectivity index (χ1) is 4.42. The van der Waals surface area contributed by atoms with Crippen molar-refractivity contribution in [2.24, 2.45) is 0 Å². The van der Waals surface area contributed by atoms with Gasteiger partial charge in [-0.3, -0.25) is 0 Å². The zero-order valence-electron chi connectivity index (χ0n) is 6.89. The summed E-state index contributed by atoms with van der Waals surface area (Å²) in [6.45, 7) is 0. The molecule has 0 aliphatic rings. The molecule has 0 N–H and O–H groups in total. The van der Waals surface area contributed by atoms with Crippen LogP contribution in [0.3, 0.4) is 0 Å². The third-order valence-corrected chi connectivity index (χ3v) is 4.69. The van der Waals surface area contributed by atoms with Crippen LogP contribution in [0, 0.1) is 0 Å². The molecule has 0 amide bonds. The Bertz CT molecular complexity index is 115. The maximum atomic E-state index is 9.99. The molecule has 0 aromatic heterocycles. The Morgan fingerprint density at radius 2 is 1.90 bits per heavy atom. The van der Waals surface area contributed by atoms with Crippen LogP contribution in [0.1, 0.15) is 12.8 Å². The van der Waals surface area contributed by atoms with Crippen molar-refractivity contribution in [2.45, 2.75) is 35.2 Å². The van der Waals surface area contributed by atoms with Crippen molar-refractivity contribution < 1.29 is 9.90 Å². The van der Waals surface area contributed by atoms with Crippen molar-refractivity contribution in [1.29, 1.82) is 0 Å². The van der Waals surface area contributed by atoms with Crippen LogP contribution < -0.4 is 5.11 Å². The van der Waals surface area contributed by atoms with Crippen LogP contribution in [0.5, 0.6) is 0 Å². The summed E-state index contributed by atoms with van der Waals surface area (Å²) in [7, 11) is 0. The monoisotopic (exact) mass is 206 g/mol. The number of carbonyl (C=O) groups is 1. The summed E-state index contributed by atoms with van der Waals surface area (Å²) in [5, 5.41) is 11.1. The molecule has 0 rings (SSSR count). The summed E-state index contributed by atoms with van der Waals surface area (Å²) < 4.78 is 0. The molecular weight excluding hydrogens is 191 g/mol. The van der Waals surface area contributed by atoms with E-state index in [2.05, 4.69) is 17.1 Å². The van der Waals surface area contributed by atoms with E-state index in [0.29, 0.717) is 0 Å². The van der Waals surface area contributed by atoms with Gasteiger partial charge in [-0.05, 0) is 0 Å². The quantitative estimate of drug-likeness (QED) is 0.640. The number of hydrogen-bond acceptors (Lipinski definition) is 2. The molecule has 0 spiro atoms. The molecule has 0 heterocycles. The molecule has 0 atom stereocenters. The van der Waals surface area contributed by atoms with Gasteiger partial charge in [-0.25, -0.2) is 0 Å². The molecule has 0 saturated carbocycles. The summed E-state index contributed by atoms with van der Waals surface area (Å²) in [5.41, 5.74) is 6.81. The normalized spacial score (nSPS) is 11.5. The van der Waals surface area contributed by atoms with Crippen molar-refractivity contribution in [3.63, 3.8) is 0 Å². The fourth-order valence-corrected chi connectivity index (χ4v) is 3.02. The first-order valence-corrected chi connectivity index (χ1v) is 10.4. The van der Waals surface area contributed by atoms with Crippen LogP contribution in [-0.2, 0) is 4.79 Å². The van der Waals surface area contributed by atoms with Crippen molar-refractivity contribution in [2.75, 3.05) is 0 Å². The minimum absolute atomic E-state index is 0.235. The Labute approximate surface area is 65.1 Å². The third-order valence-electron chi connectivity index (χ3n) is 1.21. The molecular formula is C7H15AsO2. The van der Waals surface area contributed by atoms with E-state index in [9.17, 15) is 9.90 Å². The van der Waals surface area contributed by atoms with Crippen LogP contribution in [0.25, 0.3) is 0 Å². The molecule has 0 radical (unpaired) electrons. The van der Waals surface area contributed by atoms with E-state index in [-0.39, 0.29) is 6.42 Å². The molecule has 0 saturated heterocycles. The number of carboxylic acid groups (broad SMARTS) is 1. The van der Waals surface area contributed by atoms with Gasteiger partial charge in [0.2, 0.25) is 0 Å². The molecule has 0 aromatic carbocycles. The Balaban J connectivity index is 3.29. The second-order valence-electron chi connectivity index (χ2n) is 3.49. The Kier molecular flexibility index (Phi) is 4.03. The molecule has 0 aromatic rings. The average molecular weight is 206 g/mol. The molecule has 0 aliphatic heterocycles. The first kappa shape index (κ1) is 10.0. The summed E-state index contributed by atoms with van der Waals surface area (Å²) in [5.74, 6) is -0.913. The number of hydrogen-bond donors (Lipinski definition) is 0. The van der Waals surface area contributed by atoms with Gasteiger partial charge in [0.05, 0.1) is 0 Å². The van der Waals surface area contributed by atoms with Gasteiger partial charge in [0.25, 0.3) is 0 Å². The van der Waals surface area contributed by atoms with Gasteiger partial charge >= 0.3 is 64.6 Å². The van der Waals surface area contributed by atoms with Crippen LogP contribution in [0.15, 0.2) is 0 Å². The molecule has 0 fully saturated rings. The van der Waals surface area contributed by atoms with Crippen molar-refractivity contribution in [1.82, 2.24) is 0 Å². The van der Waals surface area contributed by atoms with Crippen molar-refractivity contribution in [3.05, 3.63) is 0 Å². The van der Waals surface area contributed by atoms with E-state index >= 15 is 0 Å². The van der Waals surface area contributed by atoms with E-state index in [1.54, 1.807) is 0 Å². The van der Waals surface area contributed by atoms with Gasteiger partial charge in [-0.1, -0.05) is 0 Å². The van der Waals surface area contributed by atoms with E-state index in [1.165, 1.54) is 0 Å². The number of carbonyl (C=O) groups excluding carboxylic acids is 1. The van der Waals surface area contributed by atoms with Crippen LogP contribution >= 0.6 is 0 Å². The second kappa shape index (κ2) is 4.02. The van der Waals surface area contributed by atoms with Crippen molar-refractivity contribution >= 4 is 19.5 Å². The summed E-state index contributed by atoms with van der Waals surface area (Å²) >= 11 is -1.31. The molecule has 3 heteroatoms. The second-order valence-corrected chi connectivity index (χ2v) is 14.0. The summed E-state index contributed by atoms with van der Waals surface area (Å²) in [6.07, 6.45) is 1.04. The Hall–Kier alpha value is 0.0284. The Morgan fingerprint density at radius 3 is 2.20 bits per heavy atom. The fraction of sp³-hybridized carbons (Fsp3) is 0.857. The molecule has 0 aliphatic carbocycles. The average Bonchev–Trinajstić information content (AvgIpc) is 1.59. The molecule has 2 nitrogen and oxygen atoms in total. The van der Waals surface area contributed by atoms with Gasteiger partial charge in [0.15, 0.2) is 0 Å². The van der Waals surface area contributed by atoms with Gasteiger partial charge < -0.3 is 0 Å². The number of rotatable bonds is 4. The predicted molar refractivity (Wildman–Crippen MR) is 42.4 cm³/mol. The van der Waals surface area contributed by atoms with Crippen LogP contribution in [-0.4, -0.2) is 19.5 Å². The van der Waals surface area contributed by atoms with Crippen LogP contribution in [0.4, 0.5) is 0 Å². The van der Waals surface area contributed by atoms with Crippen molar-refractivity contribution in [3.8, 4) is 0 Å². The SMILES string of the molecule is C[As+](C)(C)CCCC(=O)[O-]. The van der Waals surface area contributed by atoms with E-state index < -0.39 is 19.5 Å². The summed E-state index contributed by atoms with van der Waals surface area (Å²) in [6, 6.07) is 0. The zero-order chi connectivity index (χ0) is 8.20. The third kappa shape index (κ3) is 8.03. The molecule has 10 heavy (non-hydrogen) atoms. The minimum atomic E-state index is -1.31. The van der Waals surface area contributed by atoms with Gasteiger partial charge in [-0.2, -0.15) is 0 Å². The first-order valence-electron chi connectivity index (χ1n) is 3.42. The number of aliphatic carboxylic acids is 1.